The highest BCUT2D eigenvalue weighted by molar-refractivity contribution is 8.77. The van der Waals surface area contributed by atoms with E-state index in [2.05, 4.69) is 0 Å². The van der Waals surface area contributed by atoms with Crippen LogP contribution >= 0.6 is 21.6 Å². The van der Waals surface area contributed by atoms with Gasteiger partial charge in [-0.3, -0.25) is 4.79 Å². The van der Waals surface area contributed by atoms with Gasteiger partial charge in [-0.05, 0) is 13.8 Å². The van der Waals surface area contributed by atoms with Crippen molar-refractivity contribution in [2.24, 2.45) is 11.5 Å². The molecule has 0 aliphatic rings. The van der Waals surface area contributed by atoms with Crippen LogP contribution in [0.25, 0.3) is 0 Å². The van der Waals surface area contributed by atoms with Crippen LogP contribution in [-0.4, -0.2) is 34.2 Å². The molecule has 0 aromatic carbocycles. The minimum absolute atomic E-state index is 0.0249. The van der Waals surface area contributed by atoms with E-state index in [0.29, 0.717) is 12.3 Å². The first-order valence-corrected chi connectivity index (χ1v) is 6.20. The van der Waals surface area contributed by atoms with Crippen LogP contribution < -0.4 is 11.5 Å². The highest BCUT2D eigenvalue weighted by atomic mass is 33.1. The second kappa shape index (κ2) is 5.74. The zero-order valence-corrected chi connectivity index (χ0v) is 9.45. The molecule has 0 amide bonds. The number of aliphatic carboxylic acids is 1. The monoisotopic (exact) mass is 224 g/mol. The molecule has 0 aliphatic carbocycles. The average Bonchev–Trinajstić information content (AvgIpc) is 2.04. The molecule has 0 saturated heterocycles. The molecule has 0 aromatic rings. The Morgan fingerprint density at radius 3 is 2.54 bits per heavy atom. The average molecular weight is 224 g/mol. The van der Waals surface area contributed by atoms with Crippen molar-refractivity contribution < 1.29 is 9.90 Å². The van der Waals surface area contributed by atoms with Gasteiger partial charge in [-0.25, -0.2) is 0 Å². The molecule has 6 heteroatoms. The van der Waals surface area contributed by atoms with Crippen LogP contribution in [0.5, 0.6) is 0 Å². The van der Waals surface area contributed by atoms with Gasteiger partial charge < -0.3 is 16.6 Å². The van der Waals surface area contributed by atoms with E-state index in [4.69, 9.17) is 16.6 Å². The van der Waals surface area contributed by atoms with Gasteiger partial charge in [0, 0.05) is 17.0 Å². The lowest BCUT2D eigenvalue weighted by Crippen LogP contribution is -2.33. The third-order valence-electron chi connectivity index (χ3n) is 1.34. The van der Waals surface area contributed by atoms with E-state index >= 15 is 0 Å². The molecule has 0 unspecified atom stereocenters. The summed E-state index contributed by atoms with van der Waals surface area (Å²) < 4.78 is -0.0249. The number of hydrogen-bond donors (Lipinski definition) is 3. The number of rotatable bonds is 6. The van der Waals surface area contributed by atoms with Crippen LogP contribution in [-0.2, 0) is 4.79 Å². The highest BCUT2D eigenvalue weighted by Gasteiger charge is 2.18. The van der Waals surface area contributed by atoms with E-state index in [1.54, 1.807) is 10.8 Å². The molecule has 0 radical (unpaired) electrons. The lowest BCUT2D eigenvalue weighted by atomic mass is 10.2. The molecule has 4 nitrogen and oxygen atoms in total. The van der Waals surface area contributed by atoms with Gasteiger partial charge in [0.05, 0.1) is 0 Å². The quantitative estimate of drug-likeness (QED) is 0.570. The normalized spacial score (nSPS) is 14.2. The fraction of sp³-hybridized carbons (Fsp3) is 0.857. The van der Waals surface area contributed by atoms with E-state index in [9.17, 15) is 4.79 Å². The van der Waals surface area contributed by atoms with Gasteiger partial charge in [-0.15, -0.1) is 0 Å². The maximum Gasteiger partial charge on any atom is 0.321 e. The zero-order valence-electron chi connectivity index (χ0n) is 7.82. The first-order valence-electron chi connectivity index (χ1n) is 3.88. The summed E-state index contributed by atoms with van der Waals surface area (Å²) in [6, 6.07) is -0.786. The maximum absolute atomic E-state index is 10.4. The summed E-state index contributed by atoms with van der Waals surface area (Å²) in [7, 11) is 3.02. The number of hydrogen-bond acceptors (Lipinski definition) is 5. The summed E-state index contributed by atoms with van der Waals surface area (Å²) in [5.41, 5.74) is 10.8. The molecule has 78 valence electrons. The Bertz CT molecular complexity index is 176. The van der Waals surface area contributed by atoms with Gasteiger partial charge in [0.15, 0.2) is 0 Å². The van der Waals surface area contributed by atoms with Crippen molar-refractivity contribution in [2.75, 3.05) is 12.3 Å². The van der Waals surface area contributed by atoms with Crippen molar-refractivity contribution in [1.29, 1.82) is 0 Å². The van der Waals surface area contributed by atoms with Crippen LogP contribution in [0, 0.1) is 0 Å². The Balaban J connectivity index is 3.62. The van der Waals surface area contributed by atoms with Crippen molar-refractivity contribution in [3.05, 3.63) is 0 Å². The molecule has 13 heavy (non-hydrogen) atoms. The molecule has 5 N–H and O–H groups in total. The molecule has 0 saturated carbocycles. The molecule has 0 aromatic heterocycles. The third-order valence-corrected chi connectivity index (χ3v) is 4.69. The fourth-order valence-corrected chi connectivity index (χ4v) is 2.92. The lowest BCUT2D eigenvalue weighted by molar-refractivity contribution is -0.137. The smallest absolute Gasteiger partial charge is 0.321 e. The molecule has 0 rings (SSSR count). The topological polar surface area (TPSA) is 89.3 Å². The largest absolute Gasteiger partial charge is 0.480 e. The van der Waals surface area contributed by atoms with Crippen LogP contribution in [0.15, 0.2) is 0 Å². The third kappa shape index (κ3) is 6.20. The summed E-state index contributed by atoms with van der Waals surface area (Å²) in [5, 5.41) is 8.50. The molecule has 0 aliphatic heterocycles. The van der Waals surface area contributed by atoms with Crippen LogP contribution in [0.1, 0.15) is 13.8 Å². The molecule has 1 atom stereocenters. The van der Waals surface area contributed by atoms with Gasteiger partial charge in [0.1, 0.15) is 6.04 Å². The summed E-state index contributed by atoms with van der Waals surface area (Å²) in [6.45, 7) is 4.58. The maximum atomic E-state index is 10.4. The number of carbonyl (C=O) groups is 1. The SMILES string of the molecule is CC(C)(CN)SSC[C@@H](N)C(=O)O. The second-order valence-corrected chi connectivity index (χ2v) is 6.32. The molecule has 0 heterocycles. The second-order valence-electron chi connectivity index (χ2n) is 3.28. The molecular weight excluding hydrogens is 208 g/mol. The number of nitrogens with two attached hydrogens (primary N) is 2. The standard InChI is InChI=1S/C7H16N2O2S2/c1-7(2,4-8)13-12-3-5(9)6(10)11/h5H,3-4,8-9H2,1-2H3,(H,10,11)/t5-/m1/s1. The minimum atomic E-state index is -0.960. The van der Waals surface area contributed by atoms with Gasteiger partial charge in [0.25, 0.3) is 0 Å². The molecule has 0 fully saturated rings. The zero-order chi connectivity index (χ0) is 10.5. The first kappa shape index (κ1) is 13.1. The Hall–Kier alpha value is 0.0900. The van der Waals surface area contributed by atoms with E-state index in [-0.39, 0.29) is 4.75 Å². The van der Waals surface area contributed by atoms with Crippen molar-refractivity contribution in [3.8, 4) is 0 Å². The van der Waals surface area contributed by atoms with E-state index in [0.717, 1.165) is 0 Å². The Kier molecular flexibility index (Phi) is 5.78. The van der Waals surface area contributed by atoms with Gasteiger partial charge in [0.2, 0.25) is 0 Å². The molecular formula is C7H16N2O2S2. The van der Waals surface area contributed by atoms with Crippen LogP contribution in [0.3, 0.4) is 0 Å². The van der Waals surface area contributed by atoms with Crippen molar-refractivity contribution in [3.63, 3.8) is 0 Å². The van der Waals surface area contributed by atoms with Crippen molar-refractivity contribution >= 4 is 27.6 Å². The van der Waals surface area contributed by atoms with Crippen LogP contribution in [0.4, 0.5) is 0 Å². The molecule has 0 spiro atoms. The van der Waals surface area contributed by atoms with Gasteiger partial charge in [-0.2, -0.15) is 0 Å². The van der Waals surface area contributed by atoms with Gasteiger partial charge in [-0.1, -0.05) is 21.6 Å². The Morgan fingerprint density at radius 2 is 2.15 bits per heavy atom. The van der Waals surface area contributed by atoms with Gasteiger partial charge >= 0.3 is 5.97 Å². The Labute approximate surface area is 86.2 Å². The summed E-state index contributed by atoms with van der Waals surface area (Å²) in [6.07, 6.45) is 0. The lowest BCUT2D eigenvalue weighted by Gasteiger charge is -2.20. The number of carboxylic acids is 1. The van der Waals surface area contributed by atoms with Crippen LogP contribution in [0.2, 0.25) is 0 Å². The molecule has 0 bridgehead atoms. The fourth-order valence-electron chi connectivity index (χ4n) is 0.372. The summed E-state index contributed by atoms with van der Waals surface area (Å²) >= 11 is 0. The predicted molar refractivity (Wildman–Crippen MR) is 58.8 cm³/mol. The van der Waals surface area contributed by atoms with Crippen molar-refractivity contribution in [2.45, 2.75) is 24.6 Å². The van der Waals surface area contributed by atoms with E-state index in [1.165, 1.54) is 10.8 Å². The summed E-state index contributed by atoms with van der Waals surface area (Å²) in [5.74, 6) is -0.553. The van der Waals surface area contributed by atoms with Crippen molar-refractivity contribution in [1.82, 2.24) is 0 Å². The summed E-state index contributed by atoms with van der Waals surface area (Å²) in [4.78, 5) is 10.4. The number of carboxylic acid groups (broad SMARTS) is 1. The van der Waals surface area contributed by atoms with E-state index in [1.807, 2.05) is 13.8 Å². The predicted octanol–water partition coefficient (Wildman–Crippen LogP) is 0.517. The minimum Gasteiger partial charge on any atom is -0.480 e. The Morgan fingerprint density at radius 1 is 1.62 bits per heavy atom. The van der Waals surface area contributed by atoms with E-state index < -0.39 is 12.0 Å². The highest BCUT2D eigenvalue weighted by Crippen LogP contribution is 2.34. The first-order chi connectivity index (χ1) is 5.89.